The van der Waals surface area contributed by atoms with E-state index in [1.807, 2.05) is 33.9 Å². The number of aryl methyl sites for hydroxylation is 1. The summed E-state index contributed by atoms with van der Waals surface area (Å²) < 4.78 is 3.88. The van der Waals surface area contributed by atoms with Crippen LogP contribution >= 0.6 is 0 Å². The lowest BCUT2D eigenvalue weighted by atomic mass is 9.93. The molecule has 0 unspecified atom stereocenters. The molecule has 2 aromatic heterocycles. The van der Waals surface area contributed by atoms with Crippen LogP contribution < -0.4 is 5.69 Å². The summed E-state index contributed by atoms with van der Waals surface area (Å²) in [7, 11) is 0. The number of imidazole rings is 1. The van der Waals surface area contributed by atoms with Crippen LogP contribution in [0.4, 0.5) is 0 Å². The molecule has 0 atom stereocenters. The lowest BCUT2D eigenvalue weighted by Gasteiger charge is -2.32. The molecule has 0 bridgehead atoms. The van der Waals surface area contributed by atoms with Crippen LogP contribution in [0, 0.1) is 0 Å². The Hall–Kier alpha value is -2.83. The van der Waals surface area contributed by atoms with Crippen molar-refractivity contribution in [2.45, 2.75) is 51.1 Å². The first-order valence-corrected chi connectivity index (χ1v) is 10.2. The third-order valence-electron chi connectivity index (χ3n) is 6.12. The summed E-state index contributed by atoms with van der Waals surface area (Å²) in [5, 5.41) is 4.37. The highest BCUT2D eigenvalue weighted by Crippen LogP contribution is 2.36. The van der Waals surface area contributed by atoms with Gasteiger partial charge in [0.2, 0.25) is 0 Å². The predicted octanol–water partition coefficient (Wildman–Crippen LogP) is 2.90. The van der Waals surface area contributed by atoms with E-state index in [2.05, 4.69) is 27.8 Å². The third-order valence-corrected chi connectivity index (χ3v) is 6.12. The Balaban J connectivity index is 1.32. The molecule has 28 heavy (non-hydrogen) atoms. The summed E-state index contributed by atoms with van der Waals surface area (Å²) in [5.41, 5.74) is 3.50. The molecule has 3 aromatic rings. The number of hydrogen-bond acceptors (Lipinski definition) is 3. The monoisotopic (exact) mass is 379 g/mol. The van der Waals surface area contributed by atoms with Crippen LogP contribution in [0.1, 0.15) is 60.6 Å². The van der Waals surface area contributed by atoms with Crippen LogP contribution in [0.25, 0.3) is 11.0 Å². The maximum absolute atomic E-state index is 13.0. The van der Waals surface area contributed by atoms with Crippen LogP contribution in [0.2, 0.25) is 0 Å². The van der Waals surface area contributed by atoms with Gasteiger partial charge in [-0.1, -0.05) is 0 Å². The number of aromatic amines is 1. The van der Waals surface area contributed by atoms with Gasteiger partial charge in [0, 0.05) is 49.0 Å². The molecule has 1 aromatic carbocycles. The topological polar surface area (TPSA) is 75.9 Å². The first-order valence-electron chi connectivity index (χ1n) is 10.2. The summed E-state index contributed by atoms with van der Waals surface area (Å²) in [6.45, 7) is 4.47. The van der Waals surface area contributed by atoms with Gasteiger partial charge >= 0.3 is 5.69 Å². The van der Waals surface area contributed by atoms with Gasteiger partial charge in [-0.05, 0) is 56.9 Å². The number of nitrogens with one attached hydrogen (secondary N) is 1. The summed E-state index contributed by atoms with van der Waals surface area (Å²) in [4.78, 5) is 30.1. The molecule has 3 heterocycles. The van der Waals surface area contributed by atoms with E-state index in [0.717, 1.165) is 56.4 Å². The number of likely N-dealkylation sites (tertiary alicyclic amines) is 1. The van der Waals surface area contributed by atoms with Crippen molar-refractivity contribution in [2.75, 3.05) is 13.1 Å². The van der Waals surface area contributed by atoms with E-state index in [4.69, 9.17) is 0 Å². The Morgan fingerprint density at radius 1 is 1.18 bits per heavy atom. The molecule has 7 nitrogen and oxygen atoms in total. The Morgan fingerprint density at radius 2 is 1.96 bits per heavy atom. The minimum Gasteiger partial charge on any atom is -0.339 e. The zero-order valence-electron chi connectivity index (χ0n) is 16.1. The second kappa shape index (κ2) is 6.65. The molecule has 0 spiro atoms. The number of H-pyrrole nitrogens is 1. The highest BCUT2D eigenvalue weighted by Gasteiger charge is 2.29. The quantitative estimate of drug-likeness (QED) is 0.757. The summed E-state index contributed by atoms with van der Waals surface area (Å²) in [6.07, 6.45) is 5.88. The second-order valence-electron chi connectivity index (χ2n) is 7.90. The number of fused-ring (bicyclic) bond motifs is 1. The van der Waals surface area contributed by atoms with Crippen molar-refractivity contribution in [3.05, 3.63) is 52.2 Å². The summed E-state index contributed by atoms with van der Waals surface area (Å²) in [5.74, 6) is 0.502. The van der Waals surface area contributed by atoms with Gasteiger partial charge in [0.1, 0.15) is 0 Å². The van der Waals surface area contributed by atoms with Crippen LogP contribution in [0.15, 0.2) is 35.3 Å². The van der Waals surface area contributed by atoms with Crippen molar-refractivity contribution < 1.29 is 4.79 Å². The molecule has 1 saturated carbocycles. The van der Waals surface area contributed by atoms with Gasteiger partial charge in [-0.2, -0.15) is 5.10 Å². The van der Waals surface area contributed by atoms with Crippen LogP contribution in [0.3, 0.4) is 0 Å². The number of benzene rings is 1. The fourth-order valence-corrected chi connectivity index (χ4v) is 4.47. The largest absolute Gasteiger partial charge is 0.339 e. The zero-order chi connectivity index (χ0) is 19.3. The first-order chi connectivity index (χ1) is 13.7. The highest BCUT2D eigenvalue weighted by atomic mass is 16.2. The smallest absolute Gasteiger partial charge is 0.326 e. The van der Waals surface area contributed by atoms with Gasteiger partial charge in [0.25, 0.3) is 5.91 Å². The molecule has 1 saturated heterocycles. The van der Waals surface area contributed by atoms with E-state index in [1.54, 1.807) is 0 Å². The molecular formula is C21H25N5O2. The van der Waals surface area contributed by atoms with E-state index < -0.39 is 0 Å². The average molecular weight is 379 g/mol. The molecule has 2 aliphatic rings. The first kappa shape index (κ1) is 17.3. The van der Waals surface area contributed by atoms with Gasteiger partial charge in [-0.15, -0.1) is 0 Å². The Kier molecular flexibility index (Phi) is 4.10. The number of nitrogens with zero attached hydrogens (tertiary/aromatic N) is 4. The fourth-order valence-electron chi connectivity index (χ4n) is 4.47. The number of piperidine rings is 1. The number of carbonyl (C=O) groups excluding carboxylic acids is 1. The van der Waals surface area contributed by atoms with Gasteiger partial charge in [0.05, 0.1) is 11.0 Å². The summed E-state index contributed by atoms with van der Waals surface area (Å²) in [6, 6.07) is 8.01. The van der Waals surface area contributed by atoms with E-state index in [1.165, 1.54) is 5.69 Å². The molecular weight excluding hydrogens is 354 g/mol. The molecule has 1 aliphatic heterocycles. The van der Waals surface area contributed by atoms with E-state index in [0.29, 0.717) is 17.5 Å². The molecule has 2 fully saturated rings. The number of carbonyl (C=O) groups is 1. The Bertz CT molecular complexity index is 1080. The Labute approximate surface area is 163 Å². The molecule has 1 N–H and O–H groups in total. The Morgan fingerprint density at radius 3 is 2.68 bits per heavy atom. The van der Waals surface area contributed by atoms with Crippen molar-refractivity contribution in [3.63, 3.8) is 0 Å². The van der Waals surface area contributed by atoms with E-state index in [9.17, 15) is 9.59 Å². The maximum Gasteiger partial charge on any atom is 0.326 e. The number of hydrogen-bond donors (Lipinski definition) is 1. The molecule has 0 radical (unpaired) electrons. The normalized spacial score (nSPS) is 18.1. The average Bonchev–Trinajstić information content (AvgIpc) is 3.33. The van der Waals surface area contributed by atoms with Gasteiger partial charge in [-0.3, -0.25) is 14.0 Å². The van der Waals surface area contributed by atoms with Crippen molar-refractivity contribution in [1.29, 1.82) is 0 Å². The van der Waals surface area contributed by atoms with Crippen LogP contribution in [-0.4, -0.2) is 43.2 Å². The van der Waals surface area contributed by atoms with Gasteiger partial charge < -0.3 is 9.88 Å². The number of rotatable bonds is 4. The molecule has 7 heteroatoms. The fraction of sp³-hybridized carbons (Fsp3) is 0.476. The SMILES string of the molecule is CCn1nccc1C1CCN(C(=O)c2ccc3c(c2)[nH]c(=O)n3C2CC2)CC1. The van der Waals surface area contributed by atoms with Crippen molar-refractivity contribution in [1.82, 2.24) is 24.2 Å². The molecule has 146 valence electrons. The highest BCUT2D eigenvalue weighted by molar-refractivity contribution is 5.97. The van der Waals surface area contributed by atoms with Crippen LogP contribution in [0.5, 0.6) is 0 Å². The van der Waals surface area contributed by atoms with Crippen molar-refractivity contribution >= 4 is 16.9 Å². The van der Waals surface area contributed by atoms with E-state index in [-0.39, 0.29) is 11.6 Å². The predicted molar refractivity (Wildman–Crippen MR) is 107 cm³/mol. The maximum atomic E-state index is 13.0. The summed E-state index contributed by atoms with van der Waals surface area (Å²) >= 11 is 0. The molecule has 1 aliphatic carbocycles. The van der Waals surface area contributed by atoms with Crippen molar-refractivity contribution in [3.8, 4) is 0 Å². The lowest BCUT2D eigenvalue weighted by Crippen LogP contribution is -2.38. The van der Waals surface area contributed by atoms with Crippen LogP contribution in [-0.2, 0) is 6.54 Å². The zero-order valence-corrected chi connectivity index (χ0v) is 16.1. The standard InChI is InChI=1S/C21H25N5O2/c1-2-25-18(7-10-22-25)14-8-11-24(12-9-14)20(27)15-3-6-19-17(13-15)23-21(28)26(19)16-4-5-16/h3,6-7,10,13-14,16H,2,4-5,8-9,11-12H2,1H3,(H,23,28). The molecule has 1 amide bonds. The number of amides is 1. The van der Waals surface area contributed by atoms with Gasteiger partial charge in [-0.25, -0.2) is 4.79 Å². The number of aromatic nitrogens is 4. The minimum atomic E-state index is -0.0737. The van der Waals surface area contributed by atoms with E-state index >= 15 is 0 Å². The lowest BCUT2D eigenvalue weighted by molar-refractivity contribution is 0.0711. The van der Waals surface area contributed by atoms with Crippen molar-refractivity contribution in [2.24, 2.45) is 0 Å². The third kappa shape index (κ3) is 2.85. The second-order valence-corrected chi connectivity index (χ2v) is 7.90. The molecule has 5 rings (SSSR count). The minimum absolute atomic E-state index is 0.0457. The van der Waals surface area contributed by atoms with Gasteiger partial charge in [0.15, 0.2) is 0 Å².